The van der Waals surface area contributed by atoms with Gasteiger partial charge in [-0.1, -0.05) is 16.9 Å². The highest BCUT2D eigenvalue weighted by molar-refractivity contribution is 8.76. The third-order valence-electron chi connectivity index (χ3n) is 3.49. The molecular formula is C15H19N3O4S2. The molecule has 2 rings (SSSR count). The van der Waals surface area contributed by atoms with Crippen molar-refractivity contribution in [2.45, 2.75) is 30.3 Å². The fraction of sp³-hybridized carbons (Fsp3) is 0.467. The Bertz CT molecular complexity index is 585. The topological polar surface area (TPSA) is 99.6 Å². The van der Waals surface area contributed by atoms with Crippen LogP contribution in [0.5, 0.6) is 0 Å². The van der Waals surface area contributed by atoms with E-state index in [0.717, 1.165) is 5.03 Å². The lowest BCUT2D eigenvalue weighted by molar-refractivity contribution is -0.148. The number of aromatic nitrogens is 1. The van der Waals surface area contributed by atoms with E-state index in [1.165, 1.54) is 26.5 Å². The fourth-order valence-corrected chi connectivity index (χ4v) is 4.19. The molecule has 7 nitrogen and oxygen atoms in total. The van der Waals surface area contributed by atoms with E-state index in [9.17, 15) is 14.4 Å². The zero-order chi connectivity index (χ0) is 17.4. The van der Waals surface area contributed by atoms with E-state index in [1.54, 1.807) is 6.20 Å². The first-order chi connectivity index (χ1) is 11.6. The average Bonchev–Trinajstić information content (AvgIpc) is 3.07. The Morgan fingerprint density at radius 1 is 1.38 bits per heavy atom. The number of nitrogens with one attached hydrogen (secondary N) is 1. The molecule has 24 heavy (non-hydrogen) atoms. The Balaban J connectivity index is 1.62. The molecule has 2 heterocycles. The summed E-state index contributed by atoms with van der Waals surface area (Å²) in [7, 11) is 3.01. The number of aliphatic carboxylic acids is 1. The SMILES string of the molecule is O=C(CCSSc1ccccn1)NCC(=O)N1CCC[C@H]1C(=O)O. The Kier molecular flexibility index (Phi) is 7.38. The second-order valence-electron chi connectivity index (χ2n) is 5.18. The van der Waals surface area contributed by atoms with Gasteiger partial charge in [0, 0.05) is 24.9 Å². The molecule has 1 aromatic rings. The predicted molar refractivity (Wildman–Crippen MR) is 92.5 cm³/mol. The molecule has 2 N–H and O–H groups in total. The molecule has 0 bridgehead atoms. The first-order valence-corrected chi connectivity index (χ1v) is 9.89. The molecule has 0 saturated carbocycles. The van der Waals surface area contributed by atoms with Crippen LogP contribution in [-0.4, -0.2) is 57.7 Å². The number of pyridine rings is 1. The van der Waals surface area contributed by atoms with E-state index >= 15 is 0 Å². The lowest BCUT2D eigenvalue weighted by Crippen LogP contribution is -2.45. The summed E-state index contributed by atoms with van der Waals surface area (Å²) in [5, 5.41) is 12.5. The van der Waals surface area contributed by atoms with Crippen molar-refractivity contribution in [3.05, 3.63) is 24.4 Å². The van der Waals surface area contributed by atoms with Gasteiger partial charge in [0.05, 0.1) is 6.54 Å². The molecular weight excluding hydrogens is 350 g/mol. The van der Waals surface area contributed by atoms with Crippen LogP contribution in [0.2, 0.25) is 0 Å². The molecule has 0 unspecified atom stereocenters. The maximum atomic E-state index is 12.0. The van der Waals surface area contributed by atoms with E-state index in [0.29, 0.717) is 31.6 Å². The zero-order valence-electron chi connectivity index (χ0n) is 13.0. The minimum Gasteiger partial charge on any atom is -0.480 e. The van der Waals surface area contributed by atoms with Crippen LogP contribution in [0.3, 0.4) is 0 Å². The monoisotopic (exact) mass is 369 g/mol. The van der Waals surface area contributed by atoms with Gasteiger partial charge in [-0.05, 0) is 35.8 Å². The van der Waals surface area contributed by atoms with Crippen molar-refractivity contribution >= 4 is 39.4 Å². The standard InChI is InChI=1S/C15H19N3O4S2/c19-12(6-9-23-24-13-5-1-2-7-16-13)17-10-14(20)18-8-3-4-11(18)15(21)22/h1-2,5,7,11H,3-4,6,8-10H2,(H,17,19)(H,21,22)/t11-/m0/s1. The van der Waals surface area contributed by atoms with Crippen molar-refractivity contribution in [3.63, 3.8) is 0 Å². The number of carbonyl (C=O) groups is 3. The zero-order valence-corrected chi connectivity index (χ0v) is 14.6. The molecule has 130 valence electrons. The van der Waals surface area contributed by atoms with Crippen molar-refractivity contribution in [2.75, 3.05) is 18.8 Å². The van der Waals surface area contributed by atoms with Crippen molar-refractivity contribution in [1.82, 2.24) is 15.2 Å². The van der Waals surface area contributed by atoms with Gasteiger partial charge in [0.2, 0.25) is 11.8 Å². The van der Waals surface area contributed by atoms with Gasteiger partial charge in [0.1, 0.15) is 11.1 Å². The summed E-state index contributed by atoms with van der Waals surface area (Å²) in [6.07, 6.45) is 3.15. The number of hydrogen-bond acceptors (Lipinski definition) is 6. The van der Waals surface area contributed by atoms with Crippen LogP contribution >= 0.6 is 21.6 Å². The maximum absolute atomic E-state index is 12.0. The first-order valence-electron chi connectivity index (χ1n) is 7.57. The summed E-state index contributed by atoms with van der Waals surface area (Å²) < 4.78 is 0. The van der Waals surface area contributed by atoms with Gasteiger partial charge in [-0.15, -0.1) is 0 Å². The lowest BCUT2D eigenvalue weighted by atomic mass is 10.2. The van der Waals surface area contributed by atoms with Crippen molar-refractivity contribution in [1.29, 1.82) is 0 Å². The molecule has 2 amide bonds. The molecule has 1 atom stereocenters. The van der Waals surface area contributed by atoms with E-state index in [4.69, 9.17) is 5.11 Å². The normalized spacial score (nSPS) is 16.8. The summed E-state index contributed by atoms with van der Waals surface area (Å²) in [4.78, 5) is 40.3. The van der Waals surface area contributed by atoms with Crippen molar-refractivity contribution < 1.29 is 19.5 Å². The third-order valence-corrected chi connectivity index (χ3v) is 5.76. The Morgan fingerprint density at radius 3 is 2.92 bits per heavy atom. The van der Waals surface area contributed by atoms with Crippen LogP contribution in [-0.2, 0) is 14.4 Å². The van der Waals surface area contributed by atoms with Crippen LogP contribution in [0.1, 0.15) is 19.3 Å². The average molecular weight is 369 g/mol. The first kappa shape index (κ1) is 18.6. The summed E-state index contributed by atoms with van der Waals surface area (Å²) in [6, 6.07) is 4.87. The molecule has 0 aromatic carbocycles. The predicted octanol–water partition coefficient (Wildman–Crippen LogP) is 1.40. The van der Waals surface area contributed by atoms with Crippen molar-refractivity contribution in [3.8, 4) is 0 Å². The number of likely N-dealkylation sites (tertiary alicyclic amines) is 1. The highest BCUT2D eigenvalue weighted by atomic mass is 33.1. The minimum absolute atomic E-state index is 0.152. The molecule has 1 aliphatic heterocycles. The largest absolute Gasteiger partial charge is 0.480 e. The van der Waals surface area contributed by atoms with E-state index in [-0.39, 0.29) is 18.4 Å². The van der Waals surface area contributed by atoms with Crippen molar-refractivity contribution in [2.24, 2.45) is 0 Å². The summed E-state index contributed by atoms with van der Waals surface area (Å²) >= 11 is 0. The van der Waals surface area contributed by atoms with Crippen LogP contribution in [0.25, 0.3) is 0 Å². The van der Waals surface area contributed by atoms with E-state index in [2.05, 4.69) is 10.3 Å². The van der Waals surface area contributed by atoms with Gasteiger partial charge >= 0.3 is 5.97 Å². The molecule has 0 aliphatic carbocycles. The highest BCUT2D eigenvalue weighted by Gasteiger charge is 2.33. The molecule has 1 saturated heterocycles. The van der Waals surface area contributed by atoms with Gasteiger partial charge in [0.25, 0.3) is 0 Å². The Labute approximate surface area is 148 Å². The summed E-state index contributed by atoms with van der Waals surface area (Å²) in [6.45, 7) is 0.281. The maximum Gasteiger partial charge on any atom is 0.326 e. The lowest BCUT2D eigenvalue weighted by Gasteiger charge is -2.21. The van der Waals surface area contributed by atoms with Gasteiger partial charge in [0.15, 0.2) is 0 Å². The number of nitrogens with zero attached hydrogens (tertiary/aromatic N) is 2. The number of carboxylic acids is 1. The highest BCUT2D eigenvalue weighted by Crippen LogP contribution is 2.29. The Morgan fingerprint density at radius 2 is 2.21 bits per heavy atom. The van der Waals surface area contributed by atoms with E-state index in [1.807, 2.05) is 18.2 Å². The van der Waals surface area contributed by atoms with Gasteiger partial charge in [-0.3, -0.25) is 9.59 Å². The number of amides is 2. The number of carboxylic acid groups (broad SMARTS) is 1. The fourth-order valence-electron chi connectivity index (χ4n) is 2.32. The second-order valence-corrected chi connectivity index (χ2v) is 7.62. The van der Waals surface area contributed by atoms with Crippen LogP contribution in [0.4, 0.5) is 0 Å². The Hall–Kier alpha value is -1.74. The van der Waals surface area contributed by atoms with Crippen LogP contribution < -0.4 is 5.32 Å². The minimum atomic E-state index is -0.991. The quantitative estimate of drug-likeness (QED) is 0.528. The third kappa shape index (κ3) is 5.72. The van der Waals surface area contributed by atoms with E-state index < -0.39 is 12.0 Å². The second kappa shape index (κ2) is 9.53. The molecule has 9 heteroatoms. The molecule has 1 fully saturated rings. The van der Waals surface area contributed by atoms with Gasteiger partial charge in [-0.25, -0.2) is 9.78 Å². The molecule has 1 aliphatic rings. The van der Waals surface area contributed by atoms with Gasteiger partial charge < -0.3 is 15.3 Å². The molecule has 0 spiro atoms. The number of hydrogen-bond donors (Lipinski definition) is 2. The van der Waals surface area contributed by atoms with Crippen LogP contribution in [0.15, 0.2) is 29.4 Å². The summed E-state index contributed by atoms with van der Waals surface area (Å²) in [5.41, 5.74) is 0. The smallest absolute Gasteiger partial charge is 0.326 e. The number of carbonyl (C=O) groups excluding carboxylic acids is 2. The van der Waals surface area contributed by atoms with Crippen LogP contribution in [0, 0.1) is 0 Å². The summed E-state index contributed by atoms with van der Waals surface area (Å²) in [5.74, 6) is -0.953. The number of rotatable bonds is 8. The molecule has 0 radical (unpaired) electrons. The molecule has 1 aromatic heterocycles. The van der Waals surface area contributed by atoms with Gasteiger partial charge in [-0.2, -0.15) is 0 Å².